The van der Waals surface area contributed by atoms with Crippen LogP contribution in [0.3, 0.4) is 0 Å². The predicted octanol–water partition coefficient (Wildman–Crippen LogP) is 5.10. The minimum absolute atomic E-state index is 0.0135. The molecule has 1 aromatic rings. The highest BCUT2D eigenvalue weighted by Gasteiger charge is 2.50. The molecule has 1 heterocycles. The largest absolute Gasteiger partial charge is 0.416 e. The monoisotopic (exact) mass is 485 g/mol. The summed E-state index contributed by atoms with van der Waals surface area (Å²) < 4.78 is 11.4. The SMILES string of the molecule is CC1CCC(NC(C)(C)C)(C2=C(OC(=O)c3ccc([N+](=O)[O-])cc3)C(=NC(C)(C)C)OC2=O)CC1. The number of ether oxygens (including phenoxy) is 2. The summed E-state index contributed by atoms with van der Waals surface area (Å²) in [5, 5.41) is 14.6. The molecule has 2 aliphatic rings. The van der Waals surface area contributed by atoms with Gasteiger partial charge in [-0.05, 0) is 85.3 Å². The average Bonchev–Trinajstić information content (AvgIpc) is 3.02. The van der Waals surface area contributed by atoms with Crippen molar-refractivity contribution in [2.75, 3.05) is 0 Å². The molecule has 0 spiro atoms. The van der Waals surface area contributed by atoms with Gasteiger partial charge in [0.15, 0.2) is 0 Å². The van der Waals surface area contributed by atoms with Crippen molar-refractivity contribution in [3.8, 4) is 0 Å². The number of benzene rings is 1. The van der Waals surface area contributed by atoms with Crippen LogP contribution < -0.4 is 5.32 Å². The van der Waals surface area contributed by atoms with Gasteiger partial charge in [-0.1, -0.05) is 6.92 Å². The fourth-order valence-electron chi connectivity index (χ4n) is 4.55. The second kappa shape index (κ2) is 9.53. The number of nitrogens with one attached hydrogen (secondary N) is 1. The molecule has 0 radical (unpaired) electrons. The highest BCUT2D eigenvalue weighted by Crippen LogP contribution is 2.43. The molecule has 35 heavy (non-hydrogen) atoms. The normalized spacial score (nSPS) is 24.5. The van der Waals surface area contributed by atoms with Crippen LogP contribution in [0.4, 0.5) is 5.69 Å². The first-order valence-electron chi connectivity index (χ1n) is 11.9. The molecule has 0 aromatic heterocycles. The molecule has 9 heteroatoms. The van der Waals surface area contributed by atoms with Crippen molar-refractivity contribution in [3.63, 3.8) is 0 Å². The van der Waals surface area contributed by atoms with Gasteiger partial charge in [0, 0.05) is 17.7 Å². The van der Waals surface area contributed by atoms with Crippen LogP contribution in [0.5, 0.6) is 0 Å². The van der Waals surface area contributed by atoms with Crippen molar-refractivity contribution in [1.82, 2.24) is 5.32 Å². The van der Waals surface area contributed by atoms with Crippen molar-refractivity contribution in [2.45, 2.75) is 90.8 Å². The van der Waals surface area contributed by atoms with Gasteiger partial charge in [0.25, 0.3) is 11.6 Å². The molecule has 0 saturated heterocycles. The maximum Gasteiger partial charge on any atom is 0.346 e. The van der Waals surface area contributed by atoms with E-state index in [4.69, 9.17) is 9.47 Å². The summed E-state index contributed by atoms with van der Waals surface area (Å²) in [5.41, 5.74) is -1.42. The lowest BCUT2D eigenvalue weighted by Gasteiger charge is -2.44. The van der Waals surface area contributed by atoms with E-state index in [9.17, 15) is 19.7 Å². The third kappa shape index (κ3) is 6.33. The van der Waals surface area contributed by atoms with Crippen LogP contribution >= 0.6 is 0 Å². The van der Waals surface area contributed by atoms with Crippen molar-refractivity contribution in [3.05, 3.63) is 51.3 Å². The molecule has 190 valence electrons. The zero-order chi connectivity index (χ0) is 26.2. The van der Waals surface area contributed by atoms with Crippen LogP contribution in [0.25, 0.3) is 0 Å². The zero-order valence-electron chi connectivity index (χ0n) is 21.6. The van der Waals surface area contributed by atoms with Gasteiger partial charge >= 0.3 is 11.9 Å². The standard InChI is InChI=1S/C26H35N3O6/c1-16-12-14-26(15-13-16,28-25(5,6)7)19-20(21(35-23(19)31)27-24(2,3)4)34-22(30)17-8-10-18(11-9-17)29(32)33/h8-11,16,28H,12-15H2,1-7H3. The Morgan fingerprint density at radius 3 is 2.20 bits per heavy atom. The van der Waals surface area contributed by atoms with E-state index >= 15 is 0 Å². The maximum atomic E-state index is 13.3. The van der Waals surface area contributed by atoms with Crippen LogP contribution in [0.1, 0.15) is 84.5 Å². The van der Waals surface area contributed by atoms with Gasteiger partial charge in [-0.2, -0.15) is 0 Å². The Kier molecular flexibility index (Phi) is 7.22. The second-order valence-corrected chi connectivity index (χ2v) is 11.5. The minimum atomic E-state index is -0.748. The average molecular weight is 486 g/mol. The second-order valence-electron chi connectivity index (χ2n) is 11.5. The molecular weight excluding hydrogens is 450 g/mol. The van der Waals surface area contributed by atoms with Crippen LogP contribution in [0, 0.1) is 16.0 Å². The molecule has 0 unspecified atom stereocenters. The number of cyclic esters (lactones) is 1. The number of esters is 2. The molecule has 0 bridgehead atoms. The predicted molar refractivity (Wildman–Crippen MR) is 132 cm³/mol. The Morgan fingerprint density at radius 2 is 1.71 bits per heavy atom. The number of nitrogens with zero attached hydrogens (tertiary/aromatic N) is 2. The number of carbonyl (C=O) groups excluding carboxylic acids is 2. The summed E-state index contributed by atoms with van der Waals surface area (Å²) in [4.78, 5) is 41.4. The van der Waals surface area contributed by atoms with Gasteiger partial charge in [-0.3, -0.25) is 10.1 Å². The number of hydrogen-bond donors (Lipinski definition) is 1. The Balaban J connectivity index is 2.12. The summed E-state index contributed by atoms with van der Waals surface area (Å²) in [7, 11) is 0. The Hall–Kier alpha value is -3.07. The Morgan fingerprint density at radius 1 is 1.14 bits per heavy atom. The summed E-state index contributed by atoms with van der Waals surface area (Å²) in [6.07, 6.45) is 3.15. The van der Waals surface area contributed by atoms with E-state index in [1.807, 2.05) is 41.5 Å². The molecule has 0 amide bonds. The summed E-state index contributed by atoms with van der Waals surface area (Å²) in [6.45, 7) is 13.8. The molecule has 0 atom stereocenters. The number of rotatable bonds is 5. The van der Waals surface area contributed by atoms with Crippen LogP contribution in [-0.4, -0.2) is 39.4 Å². The lowest BCUT2D eigenvalue weighted by atomic mass is 9.71. The van der Waals surface area contributed by atoms with E-state index in [1.165, 1.54) is 24.3 Å². The molecule has 1 aromatic carbocycles. The number of carbonyl (C=O) groups is 2. The lowest BCUT2D eigenvalue weighted by molar-refractivity contribution is -0.384. The number of non-ortho nitro benzene ring substituents is 1. The summed E-state index contributed by atoms with van der Waals surface area (Å²) in [6, 6.07) is 5.11. The van der Waals surface area contributed by atoms with Crippen LogP contribution in [-0.2, 0) is 14.3 Å². The molecular formula is C26H35N3O6. The molecule has 1 fully saturated rings. The Bertz CT molecular complexity index is 1070. The van der Waals surface area contributed by atoms with E-state index in [1.54, 1.807) is 0 Å². The summed E-state index contributed by atoms with van der Waals surface area (Å²) >= 11 is 0. The fourth-order valence-corrected chi connectivity index (χ4v) is 4.55. The van der Waals surface area contributed by atoms with Gasteiger partial charge in [-0.15, -0.1) is 0 Å². The number of hydrogen-bond acceptors (Lipinski definition) is 8. The van der Waals surface area contributed by atoms with E-state index < -0.39 is 27.9 Å². The van der Waals surface area contributed by atoms with E-state index in [0.717, 1.165) is 12.8 Å². The third-order valence-corrected chi connectivity index (χ3v) is 5.98. The topological polar surface area (TPSA) is 120 Å². The van der Waals surface area contributed by atoms with Gasteiger partial charge in [0.1, 0.15) is 5.57 Å². The highest BCUT2D eigenvalue weighted by molar-refractivity contribution is 6.16. The smallest absolute Gasteiger partial charge is 0.346 e. The van der Waals surface area contributed by atoms with Gasteiger partial charge in [-0.25, -0.2) is 14.6 Å². The minimum Gasteiger partial charge on any atom is -0.416 e. The van der Waals surface area contributed by atoms with E-state index in [0.29, 0.717) is 18.8 Å². The van der Waals surface area contributed by atoms with Crippen LogP contribution in [0.15, 0.2) is 40.6 Å². The molecule has 1 saturated carbocycles. The lowest BCUT2D eigenvalue weighted by Crippen LogP contribution is -2.58. The third-order valence-electron chi connectivity index (χ3n) is 5.98. The van der Waals surface area contributed by atoms with Crippen LogP contribution in [0.2, 0.25) is 0 Å². The van der Waals surface area contributed by atoms with E-state index in [-0.39, 0.29) is 34.0 Å². The fraction of sp³-hybridized carbons (Fsp3) is 0.577. The highest BCUT2D eigenvalue weighted by atomic mass is 16.6. The van der Waals surface area contributed by atoms with Gasteiger partial charge in [0.2, 0.25) is 5.76 Å². The van der Waals surface area contributed by atoms with E-state index in [2.05, 4.69) is 17.2 Å². The quantitative estimate of drug-likeness (QED) is 0.350. The summed E-state index contributed by atoms with van der Waals surface area (Å²) in [5.74, 6) is -0.828. The van der Waals surface area contributed by atoms with Gasteiger partial charge in [0.05, 0.1) is 21.6 Å². The maximum absolute atomic E-state index is 13.3. The zero-order valence-corrected chi connectivity index (χ0v) is 21.6. The molecule has 1 aliphatic heterocycles. The molecule has 9 nitrogen and oxygen atoms in total. The first kappa shape index (κ1) is 26.5. The van der Waals surface area contributed by atoms with Crippen molar-refractivity contribution in [2.24, 2.45) is 10.9 Å². The molecule has 1 N–H and O–H groups in total. The van der Waals surface area contributed by atoms with Crippen molar-refractivity contribution >= 4 is 23.5 Å². The number of nitro benzene ring substituents is 1. The number of nitro groups is 1. The first-order valence-corrected chi connectivity index (χ1v) is 11.9. The molecule has 3 rings (SSSR count). The molecule has 1 aliphatic carbocycles. The van der Waals surface area contributed by atoms with Crippen molar-refractivity contribution < 1.29 is 24.0 Å². The van der Waals surface area contributed by atoms with Crippen molar-refractivity contribution in [1.29, 1.82) is 0 Å². The Labute approximate surface area is 206 Å². The number of aliphatic imine (C=N–C) groups is 1. The first-order chi connectivity index (χ1) is 16.1. The van der Waals surface area contributed by atoms with Gasteiger partial charge < -0.3 is 14.8 Å².